The smallest absolute Gasteiger partial charge is 0.326 e. The number of rotatable bonds is 7. The van der Waals surface area contributed by atoms with E-state index in [0.717, 1.165) is 5.56 Å². The summed E-state index contributed by atoms with van der Waals surface area (Å²) in [7, 11) is 1.55. The van der Waals surface area contributed by atoms with Gasteiger partial charge < -0.3 is 25.6 Å². The van der Waals surface area contributed by atoms with Crippen LogP contribution in [0.4, 0.5) is 4.79 Å². The molecule has 1 rings (SSSR count). The summed E-state index contributed by atoms with van der Waals surface area (Å²) in [5.41, 5.74) is 0.827. The van der Waals surface area contributed by atoms with Crippen molar-refractivity contribution in [1.82, 2.24) is 10.6 Å². The lowest BCUT2D eigenvalue weighted by Crippen LogP contribution is -2.46. The highest BCUT2D eigenvalue weighted by molar-refractivity contribution is 5.82. The van der Waals surface area contributed by atoms with Gasteiger partial charge in [-0.25, -0.2) is 9.59 Å². The highest BCUT2D eigenvalue weighted by Crippen LogP contribution is 2.11. The first kappa shape index (κ1) is 15.8. The van der Waals surface area contributed by atoms with Gasteiger partial charge in [0.25, 0.3) is 0 Å². The Bertz CT molecular complexity index is 464. The lowest BCUT2D eigenvalue weighted by Gasteiger charge is -2.14. The third-order valence-corrected chi connectivity index (χ3v) is 2.61. The van der Waals surface area contributed by atoms with Crippen LogP contribution in [-0.2, 0) is 11.3 Å². The molecule has 0 aliphatic rings. The lowest BCUT2D eigenvalue weighted by atomic mass is 10.2. The molecule has 7 heteroatoms. The van der Waals surface area contributed by atoms with Gasteiger partial charge in [0.15, 0.2) is 0 Å². The van der Waals surface area contributed by atoms with Gasteiger partial charge >= 0.3 is 12.0 Å². The number of aliphatic carboxylic acids is 1. The molecule has 1 atom stereocenters. The van der Waals surface area contributed by atoms with Crippen LogP contribution in [0, 0.1) is 0 Å². The van der Waals surface area contributed by atoms with Crippen molar-refractivity contribution in [2.24, 2.45) is 0 Å². The van der Waals surface area contributed by atoms with E-state index in [1.54, 1.807) is 25.3 Å². The molecular formula is C13H18N2O5. The minimum absolute atomic E-state index is 0.0398. The van der Waals surface area contributed by atoms with E-state index in [4.69, 9.17) is 14.9 Å². The molecule has 110 valence electrons. The van der Waals surface area contributed by atoms with Gasteiger partial charge in [0, 0.05) is 19.6 Å². The number of aliphatic hydroxyl groups is 1. The maximum absolute atomic E-state index is 11.6. The maximum Gasteiger partial charge on any atom is 0.326 e. The van der Waals surface area contributed by atoms with Crippen molar-refractivity contribution >= 4 is 12.0 Å². The fourth-order valence-corrected chi connectivity index (χ4v) is 1.56. The molecule has 0 fully saturated rings. The van der Waals surface area contributed by atoms with Crippen LogP contribution < -0.4 is 15.4 Å². The average molecular weight is 282 g/mol. The second-order valence-electron chi connectivity index (χ2n) is 4.08. The molecule has 1 unspecified atom stereocenters. The molecule has 0 aliphatic carbocycles. The fraction of sp³-hybridized carbons (Fsp3) is 0.385. The molecule has 0 aromatic heterocycles. The van der Waals surface area contributed by atoms with Crippen molar-refractivity contribution in [3.8, 4) is 5.75 Å². The summed E-state index contributed by atoms with van der Waals surface area (Å²) in [5, 5.41) is 22.4. The largest absolute Gasteiger partial charge is 0.497 e. The number of hydrogen-bond donors (Lipinski definition) is 4. The molecule has 0 spiro atoms. The van der Waals surface area contributed by atoms with Crippen LogP contribution >= 0.6 is 0 Å². The van der Waals surface area contributed by atoms with Crippen molar-refractivity contribution in [2.75, 3.05) is 13.7 Å². The Morgan fingerprint density at radius 2 is 2.15 bits per heavy atom. The normalized spacial score (nSPS) is 11.5. The lowest BCUT2D eigenvalue weighted by molar-refractivity contribution is -0.139. The Hall–Kier alpha value is -2.28. The van der Waals surface area contributed by atoms with E-state index in [1.807, 2.05) is 6.07 Å². The zero-order chi connectivity index (χ0) is 15.0. The van der Waals surface area contributed by atoms with Gasteiger partial charge in [-0.2, -0.15) is 0 Å². The summed E-state index contributed by atoms with van der Waals surface area (Å²) >= 11 is 0. The number of carbonyl (C=O) groups is 2. The maximum atomic E-state index is 11.6. The monoisotopic (exact) mass is 282 g/mol. The summed E-state index contributed by atoms with van der Waals surface area (Å²) in [6, 6.07) is 5.44. The number of methoxy groups -OCH3 is 1. The van der Waals surface area contributed by atoms with Crippen molar-refractivity contribution in [2.45, 2.75) is 19.0 Å². The van der Waals surface area contributed by atoms with Crippen LogP contribution in [0.2, 0.25) is 0 Å². The Labute approximate surface area is 116 Å². The molecule has 4 N–H and O–H groups in total. The zero-order valence-corrected chi connectivity index (χ0v) is 11.1. The molecular weight excluding hydrogens is 264 g/mol. The van der Waals surface area contributed by atoms with E-state index in [9.17, 15) is 9.59 Å². The second kappa shape index (κ2) is 8.00. The number of carboxylic acid groups (broad SMARTS) is 1. The van der Waals surface area contributed by atoms with E-state index in [2.05, 4.69) is 10.6 Å². The molecule has 7 nitrogen and oxygen atoms in total. The highest BCUT2D eigenvalue weighted by atomic mass is 16.5. The van der Waals surface area contributed by atoms with Gasteiger partial charge in [0.2, 0.25) is 0 Å². The molecule has 0 radical (unpaired) electrons. The van der Waals surface area contributed by atoms with E-state index < -0.39 is 18.0 Å². The van der Waals surface area contributed by atoms with Crippen molar-refractivity contribution in [3.63, 3.8) is 0 Å². The summed E-state index contributed by atoms with van der Waals surface area (Å²) in [6.07, 6.45) is -0.0398. The van der Waals surface area contributed by atoms with Crippen molar-refractivity contribution in [3.05, 3.63) is 29.8 Å². The molecule has 0 aliphatic heterocycles. The molecule has 20 heavy (non-hydrogen) atoms. The number of carboxylic acids is 1. The standard InChI is InChI=1S/C13H18N2O5/c1-20-10-4-2-3-9(7-10)8-14-13(19)15-11(5-6-16)12(17)18/h2-4,7,11,16H,5-6,8H2,1H3,(H,17,18)(H2,14,15,19). The summed E-state index contributed by atoms with van der Waals surface area (Å²) < 4.78 is 5.06. The topological polar surface area (TPSA) is 108 Å². The second-order valence-corrected chi connectivity index (χ2v) is 4.08. The van der Waals surface area contributed by atoms with Gasteiger partial charge in [-0.05, 0) is 17.7 Å². The molecule has 1 aromatic carbocycles. The van der Waals surface area contributed by atoms with Gasteiger partial charge in [0.05, 0.1) is 7.11 Å². The minimum Gasteiger partial charge on any atom is -0.497 e. The summed E-state index contributed by atoms with van der Waals surface area (Å²) in [4.78, 5) is 22.4. The third-order valence-electron chi connectivity index (χ3n) is 2.61. The van der Waals surface area contributed by atoms with Crippen molar-refractivity contribution in [1.29, 1.82) is 0 Å². The predicted molar refractivity (Wildman–Crippen MR) is 71.5 cm³/mol. The SMILES string of the molecule is COc1cccc(CNC(=O)NC(CCO)C(=O)O)c1. The molecule has 2 amide bonds. The number of urea groups is 1. The number of nitrogens with one attached hydrogen (secondary N) is 2. The van der Waals surface area contributed by atoms with E-state index in [1.165, 1.54) is 0 Å². The number of aliphatic hydroxyl groups excluding tert-OH is 1. The quantitative estimate of drug-likeness (QED) is 0.576. The molecule has 0 saturated carbocycles. The molecule has 1 aromatic rings. The number of amides is 2. The minimum atomic E-state index is -1.18. The molecule has 0 bridgehead atoms. The fourth-order valence-electron chi connectivity index (χ4n) is 1.56. The molecule has 0 saturated heterocycles. The third kappa shape index (κ3) is 5.15. The average Bonchev–Trinajstić information content (AvgIpc) is 2.44. The van der Waals surface area contributed by atoms with Crippen molar-refractivity contribution < 1.29 is 24.5 Å². The highest BCUT2D eigenvalue weighted by Gasteiger charge is 2.18. The van der Waals surface area contributed by atoms with Gasteiger partial charge in [-0.1, -0.05) is 12.1 Å². The van der Waals surface area contributed by atoms with E-state index in [-0.39, 0.29) is 19.6 Å². The Balaban J connectivity index is 2.47. The molecule has 0 heterocycles. The first-order chi connectivity index (χ1) is 9.56. The number of carbonyl (C=O) groups excluding carboxylic acids is 1. The zero-order valence-electron chi connectivity index (χ0n) is 11.1. The summed E-state index contributed by atoms with van der Waals surface area (Å²) in [5.74, 6) is -0.510. The van der Waals surface area contributed by atoms with Gasteiger partial charge in [0.1, 0.15) is 11.8 Å². The van der Waals surface area contributed by atoms with Crippen LogP contribution in [0.3, 0.4) is 0 Å². The van der Waals surface area contributed by atoms with Gasteiger partial charge in [-0.15, -0.1) is 0 Å². The summed E-state index contributed by atoms with van der Waals surface area (Å²) in [6.45, 7) is -0.0678. The number of hydrogen-bond acceptors (Lipinski definition) is 4. The van der Waals surface area contributed by atoms with Crippen LogP contribution in [-0.4, -0.2) is 42.0 Å². The first-order valence-corrected chi connectivity index (χ1v) is 6.07. The van der Waals surface area contributed by atoms with E-state index in [0.29, 0.717) is 5.75 Å². The number of ether oxygens (including phenoxy) is 1. The van der Waals surface area contributed by atoms with Crippen LogP contribution in [0.5, 0.6) is 5.75 Å². The predicted octanol–water partition coefficient (Wildman–Crippen LogP) is 0.330. The Morgan fingerprint density at radius 3 is 2.75 bits per heavy atom. The number of benzene rings is 1. The Morgan fingerprint density at radius 1 is 1.40 bits per heavy atom. The van der Waals surface area contributed by atoms with Crippen LogP contribution in [0.15, 0.2) is 24.3 Å². The Kier molecular flexibility index (Phi) is 6.31. The van der Waals surface area contributed by atoms with E-state index >= 15 is 0 Å². The van der Waals surface area contributed by atoms with Gasteiger partial charge in [-0.3, -0.25) is 0 Å². The first-order valence-electron chi connectivity index (χ1n) is 6.07. The van der Waals surface area contributed by atoms with Crippen LogP contribution in [0.1, 0.15) is 12.0 Å². The van der Waals surface area contributed by atoms with Crippen LogP contribution in [0.25, 0.3) is 0 Å².